The second-order valence-corrected chi connectivity index (χ2v) is 6.46. The van der Waals surface area contributed by atoms with E-state index in [1.54, 1.807) is 0 Å². The first-order chi connectivity index (χ1) is 7.16. The van der Waals surface area contributed by atoms with Crippen LogP contribution in [0, 0.1) is 5.41 Å². The van der Waals surface area contributed by atoms with Crippen LogP contribution in [-0.2, 0) is 6.42 Å². The van der Waals surface area contributed by atoms with Crippen LogP contribution in [0.1, 0.15) is 47.1 Å². The molecule has 0 saturated heterocycles. The Labute approximate surface area is 99.0 Å². The summed E-state index contributed by atoms with van der Waals surface area (Å²) < 4.78 is 5.68. The molecule has 0 radical (unpaired) electrons. The highest BCUT2D eigenvalue weighted by atomic mass is 16.5. The van der Waals surface area contributed by atoms with Gasteiger partial charge in [-0.25, -0.2) is 4.98 Å². The molecule has 0 aromatic carbocycles. The lowest BCUT2D eigenvalue weighted by Gasteiger charge is -2.21. The highest BCUT2D eigenvalue weighted by Gasteiger charge is 2.14. The highest BCUT2D eigenvalue weighted by Crippen LogP contribution is 2.22. The number of nitrogens with zero attached hydrogens (tertiary/aromatic N) is 1. The van der Waals surface area contributed by atoms with Gasteiger partial charge in [0, 0.05) is 12.3 Å². The van der Waals surface area contributed by atoms with E-state index in [2.05, 4.69) is 31.8 Å². The van der Waals surface area contributed by atoms with Crippen molar-refractivity contribution in [3.8, 4) is 5.88 Å². The molecule has 16 heavy (non-hydrogen) atoms. The van der Waals surface area contributed by atoms with Crippen LogP contribution < -0.4 is 4.74 Å². The molecule has 1 aromatic rings. The van der Waals surface area contributed by atoms with Crippen LogP contribution in [0.3, 0.4) is 0 Å². The molecule has 2 nitrogen and oxygen atoms in total. The van der Waals surface area contributed by atoms with Gasteiger partial charge in [0.25, 0.3) is 0 Å². The van der Waals surface area contributed by atoms with Crippen LogP contribution in [0.2, 0.25) is 0 Å². The Kier molecular flexibility index (Phi) is 3.61. The van der Waals surface area contributed by atoms with Gasteiger partial charge in [-0.15, -0.1) is 0 Å². The predicted octanol–water partition coefficient (Wildman–Crippen LogP) is 3.85. The third-order valence-corrected chi connectivity index (χ3v) is 1.94. The monoisotopic (exact) mass is 221 g/mol. The standard InChI is InChI=1S/C14H23NO/c1-13(2,3)9-11-7-8-12(15-10-11)16-14(4,5)6/h7-8,10H,9H2,1-6H3. The first-order valence-electron chi connectivity index (χ1n) is 5.80. The normalized spacial score (nSPS) is 12.6. The van der Waals surface area contributed by atoms with Gasteiger partial charge in [-0.2, -0.15) is 0 Å². The summed E-state index contributed by atoms with van der Waals surface area (Å²) in [6.45, 7) is 12.8. The third-order valence-electron chi connectivity index (χ3n) is 1.94. The molecule has 0 unspecified atom stereocenters. The molecular weight excluding hydrogens is 198 g/mol. The maximum absolute atomic E-state index is 5.68. The summed E-state index contributed by atoms with van der Waals surface area (Å²) >= 11 is 0. The lowest BCUT2D eigenvalue weighted by atomic mass is 9.89. The summed E-state index contributed by atoms with van der Waals surface area (Å²) in [4.78, 5) is 4.33. The van der Waals surface area contributed by atoms with Crippen molar-refractivity contribution >= 4 is 0 Å². The van der Waals surface area contributed by atoms with Gasteiger partial charge in [0.2, 0.25) is 5.88 Å². The van der Waals surface area contributed by atoms with Crippen molar-refractivity contribution in [1.82, 2.24) is 4.98 Å². The molecule has 0 aliphatic carbocycles. The molecule has 1 heterocycles. The highest BCUT2D eigenvalue weighted by molar-refractivity contribution is 5.19. The van der Waals surface area contributed by atoms with Gasteiger partial charge in [0.15, 0.2) is 0 Å². The van der Waals surface area contributed by atoms with Gasteiger partial charge >= 0.3 is 0 Å². The van der Waals surface area contributed by atoms with Crippen molar-refractivity contribution < 1.29 is 4.74 Å². The number of rotatable bonds is 2. The fraction of sp³-hybridized carbons (Fsp3) is 0.643. The van der Waals surface area contributed by atoms with Crippen molar-refractivity contribution in [3.63, 3.8) is 0 Å². The van der Waals surface area contributed by atoms with E-state index >= 15 is 0 Å². The van der Waals surface area contributed by atoms with Gasteiger partial charge in [0.1, 0.15) is 5.60 Å². The molecule has 1 aromatic heterocycles. The van der Waals surface area contributed by atoms with E-state index in [1.807, 2.05) is 33.0 Å². The number of aromatic nitrogens is 1. The summed E-state index contributed by atoms with van der Waals surface area (Å²) in [6.07, 6.45) is 2.95. The molecule has 0 amide bonds. The Morgan fingerprint density at radius 3 is 2.06 bits per heavy atom. The van der Waals surface area contributed by atoms with Gasteiger partial charge in [0.05, 0.1) is 0 Å². The first-order valence-corrected chi connectivity index (χ1v) is 5.80. The number of hydrogen-bond acceptors (Lipinski definition) is 2. The summed E-state index contributed by atoms with van der Waals surface area (Å²) in [5.74, 6) is 0.699. The molecular formula is C14H23NO. The predicted molar refractivity (Wildman–Crippen MR) is 67.8 cm³/mol. The van der Waals surface area contributed by atoms with E-state index < -0.39 is 0 Å². The van der Waals surface area contributed by atoms with Gasteiger partial charge in [-0.1, -0.05) is 26.8 Å². The van der Waals surface area contributed by atoms with Crippen LogP contribution >= 0.6 is 0 Å². The van der Waals surface area contributed by atoms with Crippen molar-refractivity contribution in [2.75, 3.05) is 0 Å². The van der Waals surface area contributed by atoms with Crippen molar-refractivity contribution in [3.05, 3.63) is 23.9 Å². The van der Waals surface area contributed by atoms with Crippen LogP contribution in [-0.4, -0.2) is 10.6 Å². The topological polar surface area (TPSA) is 22.1 Å². The fourth-order valence-corrected chi connectivity index (χ4v) is 1.50. The Morgan fingerprint density at radius 1 is 1.06 bits per heavy atom. The Bertz CT molecular complexity index is 292. The largest absolute Gasteiger partial charge is 0.472 e. The minimum atomic E-state index is -0.182. The molecule has 0 fully saturated rings. The van der Waals surface area contributed by atoms with Crippen molar-refractivity contribution in [2.45, 2.75) is 53.6 Å². The zero-order valence-electron chi connectivity index (χ0n) is 11.3. The quantitative estimate of drug-likeness (QED) is 0.756. The van der Waals surface area contributed by atoms with E-state index in [1.165, 1.54) is 5.56 Å². The molecule has 0 saturated carbocycles. The zero-order valence-corrected chi connectivity index (χ0v) is 11.3. The Hall–Kier alpha value is -1.05. The molecule has 2 heteroatoms. The molecule has 90 valence electrons. The Morgan fingerprint density at radius 2 is 1.69 bits per heavy atom. The van der Waals surface area contributed by atoms with Crippen molar-refractivity contribution in [2.24, 2.45) is 5.41 Å². The molecule has 0 N–H and O–H groups in total. The Balaban J connectivity index is 2.69. The van der Waals surface area contributed by atoms with Crippen LogP contribution in [0.4, 0.5) is 0 Å². The van der Waals surface area contributed by atoms with E-state index in [9.17, 15) is 0 Å². The number of ether oxygens (including phenoxy) is 1. The maximum atomic E-state index is 5.68. The lowest BCUT2D eigenvalue weighted by Crippen LogP contribution is -2.23. The molecule has 0 bridgehead atoms. The summed E-state index contributed by atoms with van der Waals surface area (Å²) in [7, 11) is 0. The fourth-order valence-electron chi connectivity index (χ4n) is 1.50. The van der Waals surface area contributed by atoms with Gasteiger partial charge < -0.3 is 4.74 Å². The van der Waals surface area contributed by atoms with E-state index in [0.717, 1.165) is 6.42 Å². The minimum absolute atomic E-state index is 0.182. The van der Waals surface area contributed by atoms with E-state index in [4.69, 9.17) is 4.74 Å². The average Bonchev–Trinajstić information content (AvgIpc) is 2.03. The summed E-state index contributed by atoms with van der Waals surface area (Å²) in [5, 5.41) is 0. The van der Waals surface area contributed by atoms with E-state index in [-0.39, 0.29) is 5.60 Å². The first kappa shape index (κ1) is 13.0. The number of hydrogen-bond donors (Lipinski definition) is 0. The second kappa shape index (κ2) is 4.44. The molecule has 0 aliphatic rings. The van der Waals surface area contributed by atoms with Crippen molar-refractivity contribution in [1.29, 1.82) is 0 Å². The molecule has 1 rings (SSSR count). The lowest BCUT2D eigenvalue weighted by molar-refractivity contribution is 0.124. The number of pyridine rings is 1. The second-order valence-electron chi connectivity index (χ2n) is 6.46. The van der Waals surface area contributed by atoms with Gasteiger partial charge in [-0.3, -0.25) is 0 Å². The van der Waals surface area contributed by atoms with Crippen LogP contribution in [0.25, 0.3) is 0 Å². The molecule has 0 aliphatic heterocycles. The van der Waals surface area contributed by atoms with Gasteiger partial charge in [-0.05, 0) is 38.2 Å². The maximum Gasteiger partial charge on any atom is 0.213 e. The van der Waals surface area contributed by atoms with E-state index in [0.29, 0.717) is 11.3 Å². The summed E-state index contributed by atoms with van der Waals surface area (Å²) in [6, 6.07) is 4.05. The zero-order chi connectivity index (χ0) is 12.4. The third kappa shape index (κ3) is 5.15. The minimum Gasteiger partial charge on any atom is -0.472 e. The molecule has 0 spiro atoms. The SMILES string of the molecule is CC(C)(C)Cc1ccc(OC(C)(C)C)nc1. The molecule has 0 atom stereocenters. The summed E-state index contributed by atoms with van der Waals surface area (Å²) in [5.41, 5.74) is 1.38. The van der Waals surface area contributed by atoms with Crippen LogP contribution in [0.15, 0.2) is 18.3 Å². The van der Waals surface area contributed by atoms with Crippen LogP contribution in [0.5, 0.6) is 5.88 Å². The smallest absolute Gasteiger partial charge is 0.213 e. The average molecular weight is 221 g/mol.